The third-order valence-corrected chi connectivity index (χ3v) is 4.04. The molecule has 1 aromatic carbocycles. The summed E-state index contributed by atoms with van der Waals surface area (Å²) in [5.41, 5.74) is -0.386. The summed E-state index contributed by atoms with van der Waals surface area (Å²) in [5, 5.41) is -0.0705. The number of carbonyl (C=O) groups is 2. The number of nitrogens with zero attached hydrogens (tertiary/aromatic N) is 1. The van der Waals surface area contributed by atoms with Crippen molar-refractivity contribution in [2.75, 3.05) is 17.2 Å². The first-order chi connectivity index (χ1) is 9.38. The molecule has 7 heteroatoms. The zero-order chi connectivity index (χ0) is 14.9. The fraction of sp³-hybridized carbons (Fsp3) is 0.385. The van der Waals surface area contributed by atoms with Crippen molar-refractivity contribution in [2.45, 2.75) is 13.3 Å². The van der Waals surface area contributed by atoms with Crippen molar-refractivity contribution in [1.82, 2.24) is 0 Å². The van der Waals surface area contributed by atoms with Gasteiger partial charge >= 0.3 is 0 Å². The van der Waals surface area contributed by atoms with E-state index in [0.29, 0.717) is 11.8 Å². The van der Waals surface area contributed by atoms with Crippen LogP contribution in [0, 0.1) is 23.4 Å². The number of anilines is 1. The SMILES string of the molecule is CC(=O)SCC1CC(=O)N(c2cc(F)cc(F)c2F)C1. The molecule has 0 spiro atoms. The summed E-state index contributed by atoms with van der Waals surface area (Å²) in [7, 11) is 0. The summed E-state index contributed by atoms with van der Waals surface area (Å²) in [4.78, 5) is 23.7. The minimum Gasteiger partial charge on any atom is -0.309 e. The Kier molecular flexibility index (Phi) is 4.37. The van der Waals surface area contributed by atoms with E-state index in [0.717, 1.165) is 22.7 Å². The molecule has 108 valence electrons. The zero-order valence-corrected chi connectivity index (χ0v) is 11.5. The first-order valence-corrected chi connectivity index (χ1v) is 6.95. The van der Waals surface area contributed by atoms with E-state index in [1.165, 1.54) is 6.92 Å². The summed E-state index contributed by atoms with van der Waals surface area (Å²) < 4.78 is 40.0. The highest BCUT2D eigenvalue weighted by molar-refractivity contribution is 8.13. The van der Waals surface area contributed by atoms with Crippen molar-refractivity contribution in [3.8, 4) is 0 Å². The van der Waals surface area contributed by atoms with E-state index in [-0.39, 0.29) is 29.7 Å². The Bertz CT molecular complexity index is 565. The molecule has 0 bridgehead atoms. The van der Waals surface area contributed by atoms with Crippen LogP contribution in [-0.2, 0) is 9.59 Å². The van der Waals surface area contributed by atoms with E-state index in [2.05, 4.69) is 0 Å². The molecule has 2 rings (SSSR count). The monoisotopic (exact) mass is 303 g/mol. The van der Waals surface area contributed by atoms with Crippen LogP contribution in [0.25, 0.3) is 0 Å². The van der Waals surface area contributed by atoms with Crippen LogP contribution in [0.2, 0.25) is 0 Å². The van der Waals surface area contributed by atoms with E-state index >= 15 is 0 Å². The molecule has 0 radical (unpaired) electrons. The van der Waals surface area contributed by atoms with Gasteiger partial charge < -0.3 is 4.90 Å². The average Bonchev–Trinajstić information content (AvgIpc) is 2.72. The van der Waals surface area contributed by atoms with Crippen LogP contribution >= 0.6 is 11.8 Å². The summed E-state index contributed by atoms with van der Waals surface area (Å²) >= 11 is 1.08. The highest BCUT2D eigenvalue weighted by Gasteiger charge is 2.33. The number of halogens is 3. The number of rotatable bonds is 3. The molecule has 3 nitrogen and oxygen atoms in total. The van der Waals surface area contributed by atoms with E-state index in [1.54, 1.807) is 0 Å². The molecule has 0 saturated carbocycles. The van der Waals surface area contributed by atoms with Gasteiger partial charge in [-0.3, -0.25) is 9.59 Å². The quantitative estimate of drug-likeness (QED) is 0.806. The normalized spacial score (nSPS) is 18.7. The van der Waals surface area contributed by atoms with Crippen molar-refractivity contribution in [3.63, 3.8) is 0 Å². The molecular formula is C13H12F3NO2S. The van der Waals surface area contributed by atoms with Gasteiger partial charge in [-0.15, -0.1) is 0 Å². The van der Waals surface area contributed by atoms with Gasteiger partial charge in [0.25, 0.3) is 0 Å². The standard InChI is InChI=1S/C13H12F3NO2S/c1-7(18)20-6-8-2-12(19)17(5-8)11-4-9(14)3-10(15)13(11)16/h3-4,8H,2,5-6H2,1H3. The maximum absolute atomic E-state index is 13.7. The number of amides is 1. The third kappa shape index (κ3) is 3.15. The fourth-order valence-corrected chi connectivity index (χ4v) is 2.79. The van der Waals surface area contributed by atoms with Gasteiger partial charge in [0.15, 0.2) is 16.7 Å². The Morgan fingerprint density at radius 2 is 2.10 bits per heavy atom. The van der Waals surface area contributed by atoms with Crippen LogP contribution in [0.4, 0.5) is 18.9 Å². The van der Waals surface area contributed by atoms with Crippen LogP contribution in [0.1, 0.15) is 13.3 Å². The Morgan fingerprint density at radius 3 is 2.75 bits per heavy atom. The van der Waals surface area contributed by atoms with Crippen molar-refractivity contribution >= 4 is 28.5 Å². The van der Waals surface area contributed by atoms with E-state index in [9.17, 15) is 22.8 Å². The second-order valence-electron chi connectivity index (χ2n) is 4.60. The maximum Gasteiger partial charge on any atom is 0.227 e. The third-order valence-electron chi connectivity index (χ3n) is 2.99. The van der Waals surface area contributed by atoms with E-state index in [4.69, 9.17) is 0 Å². The number of benzene rings is 1. The largest absolute Gasteiger partial charge is 0.309 e. The molecule has 1 fully saturated rings. The first kappa shape index (κ1) is 14.9. The molecule has 1 atom stereocenters. The zero-order valence-electron chi connectivity index (χ0n) is 10.7. The predicted molar refractivity (Wildman–Crippen MR) is 69.9 cm³/mol. The smallest absolute Gasteiger partial charge is 0.227 e. The van der Waals surface area contributed by atoms with Gasteiger partial charge in [0.2, 0.25) is 5.91 Å². The number of hydrogen-bond acceptors (Lipinski definition) is 3. The lowest BCUT2D eigenvalue weighted by molar-refractivity contribution is -0.117. The lowest BCUT2D eigenvalue weighted by Crippen LogP contribution is -2.26. The molecule has 20 heavy (non-hydrogen) atoms. The highest BCUT2D eigenvalue weighted by Crippen LogP contribution is 2.30. The van der Waals surface area contributed by atoms with Crippen LogP contribution < -0.4 is 4.90 Å². The second-order valence-corrected chi connectivity index (χ2v) is 5.79. The van der Waals surface area contributed by atoms with Gasteiger partial charge in [-0.25, -0.2) is 13.2 Å². The molecule has 1 amide bonds. The van der Waals surface area contributed by atoms with Gasteiger partial charge in [-0.1, -0.05) is 11.8 Å². The van der Waals surface area contributed by atoms with Crippen molar-refractivity contribution in [3.05, 3.63) is 29.6 Å². The molecule has 1 aliphatic rings. The molecule has 1 unspecified atom stereocenters. The number of carbonyl (C=O) groups excluding carboxylic acids is 2. The summed E-state index contributed by atoms with van der Waals surface area (Å²) in [6.07, 6.45) is 0.137. The molecule has 1 aliphatic heterocycles. The molecular weight excluding hydrogens is 291 g/mol. The maximum atomic E-state index is 13.7. The van der Waals surface area contributed by atoms with Gasteiger partial charge in [-0.2, -0.15) is 0 Å². The lowest BCUT2D eigenvalue weighted by Gasteiger charge is -2.17. The predicted octanol–water partition coefficient (Wildman–Crippen LogP) is 2.74. The molecule has 0 aliphatic carbocycles. The van der Waals surface area contributed by atoms with Gasteiger partial charge in [0.05, 0.1) is 5.69 Å². The average molecular weight is 303 g/mol. The number of hydrogen-bond donors (Lipinski definition) is 0. The molecule has 1 heterocycles. The summed E-state index contributed by atoms with van der Waals surface area (Å²) in [6.45, 7) is 1.57. The van der Waals surface area contributed by atoms with Crippen molar-refractivity contribution in [2.24, 2.45) is 5.92 Å². The number of thioether (sulfide) groups is 1. The van der Waals surface area contributed by atoms with Crippen LogP contribution in [0.15, 0.2) is 12.1 Å². The van der Waals surface area contributed by atoms with E-state index < -0.39 is 23.4 Å². The second kappa shape index (κ2) is 5.87. The van der Waals surface area contributed by atoms with Crippen LogP contribution in [-0.4, -0.2) is 23.3 Å². The lowest BCUT2D eigenvalue weighted by atomic mass is 10.1. The summed E-state index contributed by atoms with van der Waals surface area (Å²) in [5.74, 6) is -3.61. The molecule has 0 aromatic heterocycles. The van der Waals surface area contributed by atoms with Crippen molar-refractivity contribution < 1.29 is 22.8 Å². The summed E-state index contributed by atoms with van der Waals surface area (Å²) in [6, 6.07) is 1.24. The van der Waals surface area contributed by atoms with Crippen LogP contribution in [0.3, 0.4) is 0 Å². The van der Waals surface area contributed by atoms with Gasteiger partial charge in [0.1, 0.15) is 5.82 Å². The highest BCUT2D eigenvalue weighted by atomic mass is 32.2. The Labute approximate surface area is 118 Å². The molecule has 0 N–H and O–H groups in total. The Balaban J connectivity index is 2.18. The first-order valence-electron chi connectivity index (χ1n) is 5.96. The fourth-order valence-electron chi connectivity index (χ4n) is 2.10. The molecule has 1 saturated heterocycles. The minimum atomic E-state index is -1.32. The topological polar surface area (TPSA) is 37.4 Å². The Morgan fingerprint density at radius 1 is 1.40 bits per heavy atom. The van der Waals surface area contributed by atoms with Gasteiger partial charge in [0, 0.05) is 37.8 Å². The van der Waals surface area contributed by atoms with E-state index in [1.807, 2.05) is 0 Å². The van der Waals surface area contributed by atoms with Gasteiger partial charge in [-0.05, 0) is 5.92 Å². The van der Waals surface area contributed by atoms with Crippen molar-refractivity contribution in [1.29, 1.82) is 0 Å². The van der Waals surface area contributed by atoms with Crippen LogP contribution in [0.5, 0.6) is 0 Å². The minimum absolute atomic E-state index is 0.0705. The Hall–Kier alpha value is -1.50. The molecule has 1 aromatic rings.